The molecule has 2 atom stereocenters. The lowest BCUT2D eigenvalue weighted by molar-refractivity contribution is -0.194. The highest BCUT2D eigenvalue weighted by molar-refractivity contribution is 5.65. The first kappa shape index (κ1) is 16.5. The number of carbonyl (C=O) groups excluding carboxylic acids is 1. The van der Waals surface area contributed by atoms with Crippen molar-refractivity contribution in [3.63, 3.8) is 0 Å². The fourth-order valence-corrected chi connectivity index (χ4v) is 3.64. The van der Waals surface area contributed by atoms with E-state index in [0.717, 1.165) is 32.1 Å². The van der Waals surface area contributed by atoms with Gasteiger partial charge in [0.05, 0.1) is 18.8 Å². The van der Waals surface area contributed by atoms with Gasteiger partial charge in [-0.1, -0.05) is 36.8 Å². The van der Waals surface area contributed by atoms with Gasteiger partial charge in [0.1, 0.15) is 0 Å². The maximum absolute atomic E-state index is 11.0. The predicted molar refractivity (Wildman–Crippen MR) is 87.0 cm³/mol. The van der Waals surface area contributed by atoms with Crippen LogP contribution >= 0.6 is 0 Å². The molecule has 0 bridgehead atoms. The maximum Gasteiger partial charge on any atom is 0.302 e. The van der Waals surface area contributed by atoms with Gasteiger partial charge in [-0.15, -0.1) is 0 Å². The second kappa shape index (κ2) is 7.45. The lowest BCUT2D eigenvalue weighted by Crippen LogP contribution is -2.33. The number of hydrogen-bond acceptors (Lipinski definition) is 4. The molecule has 1 aromatic carbocycles. The van der Waals surface area contributed by atoms with Crippen LogP contribution in [0.1, 0.15) is 51.0 Å². The standard InChI is InChI=1S/C19H26O4/c1-15(20)21-13-10-17-18(14-16-8-4-2-5-9-16)23-19(22-17)11-6-3-7-12-19/h2,4-5,8-9,17-18H,3,6-7,10-14H2,1H3/t17-,18-/m0/s1. The Morgan fingerprint density at radius 2 is 1.83 bits per heavy atom. The zero-order valence-electron chi connectivity index (χ0n) is 13.8. The average Bonchev–Trinajstić information content (AvgIpc) is 2.86. The molecule has 0 amide bonds. The second-order valence-corrected chi connectivity index (χ2v) is 6.60. The quantitative estimate of drug-likeness (QED) is 0.778. The van der Waals surface area contributed by atoms with E-state index in [1.807, 2.05) is 6.07 Å². The lowest BCUT2D eigenvalue weighted by atomic mass is 9.94. The van der Waals surface area contributed by atoms with Crippen LogP contribution in [0, 0.1) is 0 Å². The molecule has 4 heteroatoms. The van der Waals surface area contributed by atoms with Crippen molar-refractivity contribution < 1.29 is 19.0 Å². The third kappa shape index (κ3) is 4.33. The van der Waals surface area contributed by atoms with Gasteiger partial charge in [0.15, 0.2) is 5.79 Å². The van der Waals surface area contributed by atoms with Crippen molar-refractivity contribution in [2.45, 2.75) is 69.9 Å². The van der Waals surface area contributed by atoms with Crippen LogP contribution in [0.4, 0.5) is 0 Å². The second-order valence-electron chi connectivity index (χ2n) is 6.60. The molecule has 0 unspecified atom stereocenters. The van der Waals surface area contributed by atoms with Crippen LogP contribution in [-0.4, -0.2) is 30.6 Å². The van der Waals surface area contributed by atoms with Gasteiger partial charge in [-0.05, 0) is 18.4 Å². The molecule has 0 aromatic heterocycles. The first-order valence-corrected chi connectivity index (χ1v) is 8.70. The Balaban J connectivity index is 1.66. The summed E-state index contributed by atoms with van der Waals surface area (Å²) in [7, 11) is 0. The van der Waals surface area contributed by atoms with Crippen molar-refractivity contribution in [3.8, 4) is 0 Å². The Labute approximate surface area is 138 Å². The summed E-state index contributed by atoms with van der Waals surface area (Å²) in [5, 5.41) is 0. The van der Waals surface area contributed by atoms with Crippen molar-refractivity contribution in [2.24, 2.45) is 0 Å². The minimum atomic E-state index is -0.404. The van der Waals surface area contributed by atoms with Gasteiger partial charge < -0.3 is 14.2 Å². The van der Waals surface area contributed by atoms with Gasteiger partial charge in [-0.25, -0.2) is 0 Å². The van der Waals surface area contributed by atoms with Crippen molar-refractivity contribution >= 4 is 5.97 Å². The first-order chi connectivity index (χ1) is 11.2. The summed E-state index contributed by atoms with van der Waals surface area (Å²) < 4.78 is 17.8. The summed E-state index contributed by atoms with van der Waals surface area (Å²) in [6, 6.07) is 10.4. The molecule has 0 N–H and O–H groups in total. The number of benzene rings is 1. The smallest absolute Gasteiger partial charge is 0.302 e. The van der Waals surface area contributed by atoms with Crippen LogP contribution in [0.25, 0.3) is 0 Å². The summed E-state index contributed by atoms with van der Waals surface area (Å²) in [6.07, 6.45) is 7.09. The van der Waals surface area contributed by atoms with Crippen LogP contribution in [0.3, 0.4) is 0 Å². The largest absolute Gasteiger partial charge is 0.466 e. The van der Waals surface area contributed by atoms with Crippen LogP contribution in [-0.2, 0) is 25.4 Å². The van der Waals surface area contributed by atoms with Crippen LogP contribution in [0.2, 0.25) is 0 Å². The molecular formula is C19H26O4. The monoisotopic (exact) mass is 318 g/mol. The molecule has 1 aliphatic carbocycles. The van der Waals surface area contributed by atoms with Crippen LogP contribution in [0.15, 0.2) is 30.3 Å². The Bertz CT molecular complexity index is 507. The van der Waals surface area contributed by atoms with Crippen molar-refractivity contribution in [1.82, 2.24) is 0 Å². The zero-order chi connectivity index (χ0) is 16.1. The normalized spacial score (nSPS) is 26.3. The highest BCUT2D eigenvalue weighted by atomic mass is 16.8. The van der Waals surface area contributed by atoms with E-state index < -0.39 is 5.79 Å². The molecule has 3 rings (SSSR count). The third-order valence-electron chi connectivity index (χ3n) is 4.75. The van der Waals surface area contributed by atoms with E-state index in [1.165, 1.54) is 18.9 Å². The molecule has 0 radical (unpaired) electrons. The molecule has 23 heavy (non-hydrogen) atoms. The van der Waals surface area contributed by atoms with E-state index in [4.69, 9.17) is 14.2 Å². The fourth-order valence-electron chi connectivity index (χ4n) is 3.64. The predicted octanol–water partition coefficient (Wildman–Crippen LogP) is 3.63. The number of hydrogen-bond donors (Lipinski definition) is 0. The Kier molecular flexibility index (Phi) is 5.34. The molecule has 1 heterocycles. The van der Waals surface area contributed by atoms with E-state index in [0.29, 0.717) is 13.0 Å². The van der Waals surface area contributed by atoms with Gasteiger partial charge >= 0.3 is 5.97 Å². The van der Waals surface area contributed by atoms with E-state index in [2.05, 4.69) is 24.3 Å². The summed E-state index contributed by atoms with van der Waals surface area (Å²) >= 11 is 0. The first-order valence-electron chi connectivity index (χ1n) is 8.70. The number of esters is 1. The molecule has 4 nitrogen and oxygen atoms in total. The highest BCUT2D eigenvalue weighted by Gasteiger charge is 2.47. The van der Waals surface area contributed by atoms with E-state index in [1.54, 1.807) is 0 Å². The van der Waals surface area contributed by atoms with E-state index in [-0.39, 0.29) is 18.2 Å². The molecular weight excluding hydrogens is 292 g/mol. The highest BCUT2D eigenvalue weighted by Crippen LogP contribution is 2.42. The Morgan fingerprint density at radius 1 is 1.13 bits per heavy atom. The van der Waals surface area contributed by atoms with E-state index >= 15 is 0 Å². The van der Waals surface area contributed by atoms with Crippen molar-refractivity contribution in [2.75, 3.05) is 6.61 Å². The third-order valence-corrected chi connectivity index (χ3v) is 4.75. The molecule has 1 aromatic rings. The van der Waals surface area contributed by atoms with Gasteiger partial charge in [0.25, 0.3) is 0 Å². The molecule has 2 aliphatic rings. The number of carbonyl (C=O) groups is 1. The molecule has 1 aliphatic heterocycles. The zero-order valence-corrected chi connectivity index (χ0v) is 13.8. The minimum absolute atomic E-state index is 0.00680. The van der Waals surface area contributed by atoms with Gasteiger partial charge in [0, 0.05) is 32.6 Å². The summed E-state index contributed by atoms with van der Waals surface area (Å²) in [6.45, 7) is 1.83. The maximum atomic E-state index is 11.0. The summed E-state index contributed by atoms with van der Waals surface area (Å²) in [4.78, 5) is 11.0. The van der Waals surface area contributed by atoms with Crippen molar-refractivity contribution in [1.29, 1.82) is 0 Å². The summed E-state index contributed by atoms with van der Waals surface area (Å²) in [5.74, 6) is -0.644. The SMILES string of the molecule is CC(=O)OCC[C@@H]1OC2(CCCCC2)O[C@H]1Cc1ccccc1. The van der Waals surface area contributed by atoms with Gasteiger partial charge in [-0.2, -0.15) is 0 Å². The minimum Gasteiger partial charge on any atom is -0.466 e. The number of rotatable bonds is 5. The molecule has 1 saturated carbocycles. The average molecular weight is 318 g/mol. The molecule has 126 valence electrons. The van der Waals surface area contributed by atoms with Crippen LogP contribution in [0.5, 0.6) is 0 Å². The topological polar surface area (TPSA) is 44.8 Å². The van der Waals surface area contributed by atoms with Gasteiger partial charge in [0.2, 0.25) is 0 Å². The number of ether oxygens (including phenoxy) is 3. The summed E-state index contributed by atoms with van der Waals surface area (Å²) in [5.41, 5.74) is 1.26. The fraction of sp³-hybridized carbons (Fsp3) is 0.632. The Hall–Kier alpha value is -1.39. The lowest BCUT2D eigenvalue weighted by Gasteiger charge is -2.32. The molecule has 2 fully saturated rings. The Morgan fingerprint density at radius 3 is 2.52 bits per heavy atom. The van der Waals surface area contributed by atoms with Crippen molar-refractivity contribution in [3.05, 3.63) is 35.9 Å². The van der Waals surface area contributed by atoms with E-state index in [9.17, 15) is 4.79 Å². The van der Waals surface area contributed by atoms with Crippen LogP contribution < -0.4 is 0 Å². The van der Waals surface area contributed by atoms with Gasteiger partial charge in [-0.3, -0.25) is 4.79 Å². The molecule has 1 saturated heterocycles. The molecule has 1 spiro atoms.